The van der Waals surface area contributed by atoms with Gasteiger partial charge in [-0.2, -0.15) is 5.10 Å². The first-order chi connectivity index (χ1) is 10.7. The number of nitrogens with one attached hydrogen (secondary N) is 1. The number of hydrogen-bond acceptors (Lipinski definition) is 3. The predicted octanol–water partition coefficient (Wildman–Crippen LogP) is 2.69. The van der Waals surface area contributed by atoms with Gasteiger partial charge in [-0.05, 0) is 43.6 Å². The third-order valence-electron chi connectivity index (χ3n) is 6.06. The molecule has 3 atom stereocenters. The van der Waals surface area contributed by atoms with Gasteiger partial charge < -0.3 is 10.6 Å². The van der Waals surface area contributed by atoms with E-state index in [1.54, 1.807) is 0 Å². The number of hydrogen-bond donors (Lipinski definition) is 2. The van der Waals surface area contributed by atoms with E-state index in [0.29, 0.717) is 23.4 Å². The van der Waals surface area contributed by atoms with Gasteiger partial charge in [-0.3, -0.25) is 9.89 Å². The summed E-state index contributed by atoms with van der Waals surface area (Å²) in [5.74, 6) is 1.76. The lowest BCUT2D eigenvalue weighted by Gasteiger charge is -2.19. The topological polar surface area (TPSA) is 75.0 Å². The number of nitrogens with two attached hydrogens (primary N) is 1. The smallest absolute Gasteiger partial charge is 0.274 e. The van der Waals surface area contributed by atoms with E-state index in [-0.39, 0.29) is 24.4 Å². The molecular weight excluding hydrogens is 312 g/mol. The standard InChI is InChI=1S/C17H26N4O.ClH/c18-14-7-6-12-9-21(10-13(12)14)17(22)16-8-15(19-20-16)11-4-2-1-3-5-11;/h8,11-14H,1-7,9-10,18H2,(H,19,20);1H. The molecule has 2 heterocycles. The number of aromatic amines is 1. The summed E-state index contributed by atoms with van der Waals surface area (Å²) in [6, 6.07) is 2.27. The van der Waals surface area contributed by atoms with Crippen LogP contribution in [0.1, 0.15) is 67.0 Å². The monoisotopic (exact) mass is 338 g/mol. The van der Waals surface area contributed by atoms with Gasteiger partial charge in [0.1, 0.15) is 5.69 Å². The summed E-state index contributed by atoms with van der Waals surface area (Å²) < 4.78 is 0. The van der Waals surface area contributed by atoms with Crippen molar-refractivity contribution in [2.45, 2.75) is 56.9 Å². The summed E-state index contributed by atoms with van der Waals surface area (Å²) in [7, 11) is 0. The van der Waals surface area contributed by atoms with Crippen molar-refractivity contribution in [3.8, 4) is 0 Å². The Kier molecular flexibility index (Phi) is 4.97. The van der Waals surface area contributed by atoms with Gasteiger partial charge in [-0.25, -0.2) is 0 Å². The first-order valence-electron chi connectivity index (χ1n) is 8.82. The molecule has 2 aliphatic carbocycles. The number of rotatable bonds is 2. The van der Waals surface area contributed by atoms with Crippen molar-refractivity contribution in [1.82, 2.24) is 15.1 Å². The van der Waals surface area contributed by atoms with E-state index in [9.17, 15) is 4.79 Å². The summed E-state index contributed by atoms with van der Waals surface area (Å²) in [6.07, 6.45) is 8.65. The van der Waals surface area contributed by atoms with Gasteiger partial charge in [-0.1, -0.05) is 19.3 Å². The molecule has 1 amide bonds. The van der Waals surface area contributed by atoms with Gasteiger partial charge in [0.2, 0.25) is 0 Å². The molecule has 1 saturated heterocycles. The first-order valence-corrected chi connectivity index (χ1v) is 8.82. The maximum absolute atomic E-state index is 12.7. The number of amides is 1. The fraction of sp³-hybridized carbons (Fsp3) is 0.765. The van der Waals surface area contributed by atoms with Crippen molar-refractivity contribution in [3.05, 3.63) is 17.5 Å². The van der Waals surface area contributed by atoms with E-state index in [1.807, 2.05) is 11.0 Å². The van der Waals surface area contributed by atoms with Crippen LogP contribution in [0.5, 0.6) is 0 Å². The quantitative estimate of drug-likeness (QED) is 0.870. The number of aromatic nitrogens is 2. The van der Waals surface area contributed by atoms with Crippen molar-refractivity contribution in [2.24, 2.45) is 17.6 Å². The first kappa shape index (κ1) is 16.8. The summed E-state index contributed by atoms with van der Waals surface area (Å²) in [5.41, 5.74) is 7.91. The molecule has 2 saturated carbocycles. The Labute approximate surface area is 143 Å². The summed E-state index contributed by atoms with van der Waals surface area (Å²) in [6.45, 7) is 1.68. The highest BCUT2D eigenvalue weighted by molar-refractivity contribution is 5.92. The van der Waals surface area contributed by atoms with E-state index < -0.39 is 0 Å². The Hall–Kier alpha value is -1.07. The minimum Gasteiger partial charge on any atom is -0.337 e. The van der Waals surface area contributed by atoms with Gasteiger partial charge in [0.15, 0.2) is 0 Å². The van der Waals surface area contributed by atoms with Crippen molar-refractivity contribution < 1.29 is 4.79 Å². The molecule has 1 aliphatic heterocycles. The number of nitrogens with zero attached hydrogens (tertiary/aromatic N) is 2. The number of halogens is 1. The van der Waals surface area contributed by atoms with E-state index in [4.69, 9.17) is 5.73 Å². The fourth-order valence-corrected chi connectivity index (χ4v) is 4.70. The summed E-state index contributed by atoms with van der Waals surface area (Å²) in [5, 5.41) is 7.42. The minimum atomic E-state index is 0. The number of fused-ring (bicyclic) bond motifs is 1. The number of H-pyrrole nitrogens is 1. The highest BCUT2D eigenvalue weighted by atomic mass is 35.5. The average Bonchev–Trinajstić information content (AvgIpc) is 3.25. The highest BCUT2D eigenvalue weighted by Gasteiger charge is 2.43. The fourth-order valence-electron chi connectivity index (χ4n) is 4.70. The van der Waals surface area contributed by atoms with Gasteiger partial charge in [0.25, 0.3) is 5.91 Å². The molecule has 3 fully saturated rings. The third-order valence-corrected chi connectivity index (χ3v) is 6.06. The second kappa shape index (κ2) is 6.81. The van der Waals surface area contributed by atoms with Crippen LogP contribution in [0.3, 0.4) is 0 Å². The zero-order valence-corrected chi connectivity index (χ0v) is 14.4. The van der Waals surface area contributed by atoms with E-state index in [2.05, 4.69) is 10.2 Å². The molecule has 3 unspecified atom stereocenters. The molecule has 128 valence electrons. The largest absolute Gasteiger partial charge is 0.337 e. The number of carbonyl (C=O) groups is 1. The Morgan fingerprint density at radius 3 is 2.70 bits per heavy atom. The molecular formula is C17H27ClN4O. The van der Waals surface area contributed by atoms with Crippen LogP contribution in [-0.4, -0.2) is 40.1 Å². The molecule has 1 aromatic heterocycles. The number of likely N-dealkylation sites (tertiary alicyclic amines) is 1. The van der Waals surface area contributed by atoms with Crippen LogP contribution >= 0.6 is 12.4 Å². The molecule has 0 aromatic carbocycles. The molecule has 3 N–H and O–H groups in total. The van der Waals surface area contributed by atoms with Crippen LogP contribution in [0.15, 0.2) is 6.07 Å². The Morgan fingerprint density at radius 2 is 1.96 bits per heavy atom. The maximum Gasteiger partial charge on any atom is 0.274 e. The highest BCUT2D eigenvalue weighted by Crippen LogP contribution is 2.38. The lowest BCUT2D eigenvalue weighted by molar-refractivity contribution is 0.0773. The molecule has 1 aromatic rings. The molecule has 4 rings (SSSR count). The number of carbonyl (C=O) groups excluding carboxylic acids is 1. The van der Waals surface area contributed by atoms with Crippen molar-refractivity contribution in [2.75, 3.05) is 13.1 Å². The third kappa shape index (κ3) is 3.13. The van der Waals surface area contributed by atoms with Crippen LogP contribution < -0.4 is 5.73 Å². The Balaban J connectivity index is 0.00000156. The Bertz CT molecular complexity index is 555. The van der Waals surface area contributed by atoms with Gasteiger partial charge in [0, 0.05) is 30.7 Å². The van der Waals surface area contributed by atoms with Crippen LogP contribution in [0.2, 0.25) is 0 Å². The van der Waals surface area contributed by atoms with Gasteiger partial charge in [-0.15, -0.1) is 12.4 Å². The minimum absolute atomic E-state index is 0. The van der Waals surface area contributed by atoms with Crippen LogP contribution in [0, 0.1) is 11.8 Å². The van der Waals surface area contributed by atoms with Crippen LogP contribution in [0.25, 0.3) is 0 Å². The zero-order chi connectivity index (χ0) is 15.1. The SMILES string of the molecule is Cl.NC1CCC2CN(C(=O)c3cc(C4CCCCC4)[nH]n3)CC12. The second-order valence-corrected chi connectivity index (χ2v) is 7.42. The van der Waals surface area contributed by atoms with Crippen molar-refractivity contribution in [3.63, 3.8) is 0 Å². The lowest BCUT2D eigenvalue weighted by atomic mass is 9.87. The summed E-state index contributed by atoms with van der Waals surface area (Å²) in [4.78, 5) is 14.7. The van der Waals surface area contributed by atoms with Crippen molar-refractivity contribution >= 4 is 18.3 Å². The van der Waals surface area contributed by atoms with E-state index in [1.165, 1.54) is 38.5 Å². The normalized spacial score (nSPS) is 31.0. The van der Waals surface area contributed by atoms with Gasteiger partial charge >= 0.3 is 0 Å². The molecule has 0 bridgehead atoms. The van der Waals surface area contributed by atoms with Crippen LogP contribution in [-0.2, 0) is 0 Å². The molecule has 6 heteroatoms. The molecule has 23 heavy (non-hydrogen) atoms. The van der Waals surface area contributed by atoms with E-state index in [0.717, 1.165) is 25.2 Å². The average molecular weight is 339 g/mol. The molecule has 0 spiro atoms. The van der Waals surface area contributed by atoms with Crippen LogP contribution in [0.4, 0.5) is 0 Å². The summed E-state index contributed by atoms with van der Waals surface area (Å²) >= 11 is 0. The zero-order valence-electron chi connectivity index (χ0n) is 13.5. The Morgan fingerprint density at radius 1 is 1.17 bits per heavy atom. The predicted molar refractivity (Wildman–Crippen MR) is 91.8 cm³/mol. The molecule has 3 aliphatic rings. The maximum atomic E-state index is 12.7. The van der Waals surface area contributed by atoms with Gasteiger partial charge in [0.05, 0.1) is 0 Å². The molecule has 5 nitrogen and oxygen atoms in total. The molecule has 0 radical (unpaired) electrons. The van der Waals surface area contributed by atoms with E-state index >= 15 is 0 Å². The lowest BCUT2D eigenvalue weighted by Crippen LogP contribution is -2.33. The van der Waals surface area contributed by atoms with Crippen molar-refractivity contribution in [1.29, 1.82) is 0 Å². The second-order valence-electron chi connectivity index (χ2n) is 7.42.